The van der Waals surface area contributed by atoms with E-state index >= 15 is 0 Å². The van der Waals surface area contributed by atoms with Crippen LogP contribution in [0.15, 0.2) is 30.3 Å². The lowest BCUT2D eigenvalue weighted by molar-refractivity contribution is 0.173. The zero-order valence-electron chi connectivity index (χ0n) is 9.82. The van der Waals surface area contributed by atoms with Gasteiger partial charge in [-0.3, -0.25) is 4.90 Å². The predicted molar refractivity (Wildman–Crippen MR) is 65.1 cm³/mol. The van der Waals surface area contributed by atoms with Gasteiger partial charge in [0, 0.05) is 12.0 Å². The third-order valence-electron chi connectivity index (χ3n) is 3.54. The molecule has 1 atom stereocenters. The average Bonchev–Trinajstić information content (AvgIpc) is 2.31. The van der Waals surface area contributed by atoms with E-state index in [9.17, 15) is 0 Å². The first kappa shape index (κ1) is 11.2. The highest BCUT2D eigenvalue weighted by Crippen LogP contribution is 2.33. The van der Waals surface area contributed by atoms with Crippen LogP contribution in [0.3, 0.4) is 0 Å². The van der Waals surface area contributed by atoms with E-state index in [-0.39, 0.29) is 5.41 Å². The first-order valence-electron chi connectivity index (χ1n) is 5.89. The van der Waals surface area contributed by atoms with Crippen LogP contribution >= 0.6 is 0 Å². The second-order valence-corrected chi connectivity index (χ2v) is 4.90. The van der Waals surface area contributed by atoms with Crippen LogP contribution in [0.5, 0.6) is 0 Å². The Kier molecular flexibility index (Phi) is 3.26. The van der Waals surface area contributed by atoms with Gasteiger partial charge in [0.25, 0.3) is 0 Å². The van der Waals surface area contributed by atoms with Crippen molar-refractivity contribution < 1.29 is 0 Å². The van der Waals surface area contributed by atoms with Gasteiger partial charge in [-0.05, 0) is 24.9 Å². The van der Waals surface area contributed by atoms with Crippen LogP contribution in [-0.4, -0.2) is 24.5 Å². The molecule has 0 radical (unpaired) electrons. The molecule has 16 heavy (non-hydrogen) atoms. The third-order valence-corrected chi connectivity index (χ3v) is 3.54. The Morgan fingerprint density at radius 3 is 2.81 bits per heavy atom. The van der Waals surface area contributed by atoms with Crippen molar-refractivity contribution in [3.63, 3.8) is 0 Å². The molecule has 0 bridgehead atoms. The number of hydrogen-bond donors (Lipinski definition) is 0. The molecule has 0 N–H and O–H groups in total. The zero-order chi connectivity index (χ0) is 11.4. The number of benzene rings is 1. The lowest BCUT2D eigenvalue weighted by Gasteiger charge is -2.40. The highest BCUT2D eigenvalue weighted by atomic mass is 15.1. The summed E-state index contributed by atoms with van der Waals surface area (Å²) in [5.41, 5.74) is 1.62. The van der Waals surface area contributed by atoms with Crippen molar-refractivity contribution in [3.05, 3.63) is 35.9 Å². The molecule has 1 aliphatic heterocycles. The molecule has 1 aliphatic rings. The van der Waals surface area contributed by atoms with Gasteiger partial charge in [0.05, 0.1) is 12.6 Å². The standard InChI is InChI=1S/C14H18N2/c1-14(13-6-3-2-4-7-13)8-5-10-16(12-14)11-9-15/h2-4,6-7H,5,8,10-12H2,1H3. The summed E-state index contributed by atoms with van der Waals surface area (Å²) >= 11 is 0. The first-order valence-corrected chi connectivity index (χ1v) is 5.89. The minimum absolute atomic E-state index is 0.219. The maximum absolute atomic E-state index is 8.77. The van der Waals surface area contributed by atoms with Crippen LogP contribution in [0.2, 0.25) is 0 Å². The number of piperidine rings is 1. The molecule has 0 amide bonds. The summed E-state index contributed by atoms with van der Waals surface area (Å²) in [7, 11) is 0. The van der Waals surface area contributed by atoms with E-state index in [0.29, 0.717) is 6.54 Å². The second kappa shape index (κ2) is 4.67. The molecule has 1 heterocycles. The van der Waals surface area contributed by atoms with Crippen molar-refractivity contribution in [2.24, 2.45) is 0 Å². The Hall–Kier alpha value is -1.33. The van der Waals surface area contributed by atoms with E-state index in [1.165, 1.54) is 18.4 Å². The zero-order valence-corrected chi connectivity index (χ0v) is 9.82. The monoisotopic (exact) mass is 214 g/mol. The SMILES string of the molecule is CC1(c2ccccc2)CCCN(CC#N)C1. The Morgan fingerprint density at radius 1 is 1.38 bits per heavy atom. The lowest BCUT2D eigenvalue weighted by atomic mass is 9.76. The summed E-state index contributed by atoms with van der Waals surface area (Å²) in [5, 5.41) is 8.77. The Morgan fingerprint density at radius 2 is 2.12 bits per heavy atom. The molecule has 2 rings (SSSR count). The van der Waals surface area contributed by atoms with Crippen LogP contribution in [0.4, 0.5) is 0 Å². The molecule has 0 spiro atoms. The quantitative estimate of drug-likeness (QED) is 0.707. The van der Waals surface area contributed by atoms with Crippen molar-refractivity contribution in [2.45, 2.75) is 25.2 Å². The smallest absolute Gasteiger partial charge is 0.0866 e. The van der Waals surface area contributed by atoms with Crippen molar-refractivity contribution in [2.75, 3.05) is 19.6 Å². The fourth-order valence-corrected chi connectivity index (χ4v) is 2.66. The van der Waals surface area contributed by atoms with Gasteiger partial charge in [-0.15, -0.1) is 0 Å². The van der Waals surface area contributed by atoms with Gasteiger partial charge in [-0.2, -0.15) is 5.26 Å². The molecular formula is C14H18N2. The summed E-state index contributed by atoms with van der Waals surface area (Å²) in [4.78, 5) is 2.26. The Bertz CT molecular complexity index is 379. The molecule has 1 saturated heterocycles. The second-order valence-electron chi connectivity index (χ2n) is 4.90. The van der Waals surface area contributed by atoms with Gasteiger partial charge < -0.3 is 0 Å². The van der Waals surface area contributed by atoms with Gasteiger partial charge in [-0.1, -0.05) is 37.3 Å². The van der Waals surface area contributed by atoms with Crippen LogP contribution in [0.25, 0.3) is 0 Å². The lowest BCUT2D eigenvalue weighted by Crippen LogP contribution is -2.44. The van der Waals surface area contributed by atoms with Gasteiger partial charge in [0.2, 0.25) is 0 Å². The van der Waals surface area contributed by atoms with E-state index in [4.69, 9.17) is 5.26 Å². The largest absolute Gasteiger partial charge is 0.290 e. The number of rotatable bonds is 2. The van der Waals surface area contributed by atoms with Crippen molar-refractivity contribution in [1.82, 2.24) is 4.90 Å². The molecule has 2 heteroatoms. The molecule has 1 aromatic carbocycles. The molecule has 0 saturated carbocycles. The Balaban J connectivity index is 2.16. The summed E-state index contributed by atoms with van der Waals surface area (Å²) in [5.74, 6) is 0. The van der Waals surface area contributed by atoms with E-state index in [2.05, 4.69) is 48.2 Å². The van der Waals surface area contributed by atoms with Gasteiger partial charge in [0.15, 0.2) is 0 Å². The van der Waals surface area contributed by atoms with E-state index in [1.54, 1.807) is 0 Å². The van der Waals surface area contributed by atoms with E-state index < -0.39 is 0 Å². The van der Waals surface area contributed by atoms with Crippen molar-refractivity contribution in [3.8, 4) is 6.07 Å². The topological polar surface area (TPSA) is 27.0 Å². The molecular weight excluding hydrogens is 196 g/mol. The first-order chi connectivity index (χ1) is 7.74. The summed E-state index contributed by atoms with van der Waals surface area (Å²) in [6.45, 7) is 4.94. The summed E-state index contributed by atoms with van der Waals surface area (Å²) < 4.78 is 0. The number of nitrogens with zero attached hydrogens (tertiary/aromatic N) is 2. The summed E-state index contributed by atoms with van der Waals surface area (Å²) in [6, 6.07) is 12.9. The number of hydrogen-bond acceptors (Lipinski definition) is 2. The molecule has 1 unspecified atom stereocenters. The molecule has 0 aromatic heterocycles. The van der Waals surface area contributed by atoms with Gasteiger partial charge in [0.1, 0.15) is 0 Å². The Labute approximate surface area is 97.5 Å². The molecule has 1 aromatic rings. The maximum atomic E-state index is 8.77. The van der Waals surface area contributed by atoms with Crippen LogP contribution in [0, 0.1) is 11.3 Å². The molecule has 2 nitrogen and oxygen atoms in total. The van der Waals surface area contributed by atoms with Gasteiger partial charge in [-0.25, -0.2) is 0 Å². The number of likely N-dealkylation sites (tertiary alicyclic amines) is 1. The molecule has 0 aliphatic carbocycles. The van der Waals surface area contributed by atoms with Crippen LogP contribution in [0.1, 0.15) is 25.3 Å². The molecule has 84 valence electrons. The maximum Gasteiger partial charge on any atom is 0.0866 e. The minimum Gasteiger partial charge on any atom is -0.290 e. The third kappa shape index (κ3) is 2.25. The predicted octanol–water partition coefficient (Wildman–Crippen LogP) is 2.56. The highest BCUT2D eigenvalue weighted by Gasteiger charge is 2.32. The van der Waals surface area contributed by atoms with Crippen LogP contribution in [-0.2, 0) is 5.41 Å². The fraction of sp³-hybridized carbons (Fsp3) is 0.500. The van der Waals surface area contributed by atoms with Gasteiger partial charge >= 0.3 is 0 Å². The molecule has 1 fully saturated rings. The van der Waals surface area contributed by atoms with Crippen molar-refractivity contribution >= 4 is 0 Å². The number of nitriles is 1. The van der Waals surface area contributed by atoms with E-state index in [0.717, 1.165) is 13.1 Å². The van der Waals surface area contributed by atoms with E-state index in [1.807, 2.05) is 0 Å². The highest BCUT2D eigenvalue weighted by molar-refractivity contribution is 5.25. The normalized spacial score (nSPS) is 26.2. The average molecular weight is 214 g/mol. The van der Waals surface area contributed by atoms with Crippen LogP contribution < -0.4 is 0 Å². The summed E-state index contributed by atoms with van der Waals surface area (Å²) in [6.07, 6.45) is 2.41. The fourth-order valence-electron chi connectivity index (χ4n) is 2.66. The van der Waals surface area contributed by atoms with Crippen molar-refractivity contribution in [1.29, 1.82) is 5.26 Å². The minimum atomic E-state index is 0.219.